The zero-order valence-electron chi connectivity index (χ0n) is 17.2. The molecule has 0 bridgehead atoms. The fourth-order valence-electron chi connectivity index (χ4n) is 3.34. The van der Waals surface area contributed by atoms with Crippen molar-refractivity contribution in [1.29, 1.82) is 0 Å². The molecule has 1 atom stereocenters. The normalized spacial score (nSPS) is 12.1. The van der Waals surface area contributed by atoms with Crippen molar-refractivity contribution in [2.45, 2.75) is 10.6 Å². The molecule has 0 radical (unpaired) electrons. The molecule has 1 N–H and O–H groups in total. The Bertz CT molecular complexity index is 1430. The van der Waals surface area contributed by atoms with Crippen LogP contribution in [0.4, 0.5) is 0 Å². The molecule has 160 valence electrons. The highest BCUT2D eigenvalue weighted by atomic mass is 32.2. The zero-order valence-corrected chi connectivity index (χ0v) is 18.9. The number of nitrogens with zero attached hydrogens (tertiary/aromatic N) is 1. The van der Waals surface area contributed by atoms with Crippen LogP contribution in [0.15, 0.2) is 95.5 Å². The molecular weight excluding hydrogens is 438 g/mol. The molecule has 0 saturated carbocycles. The summed E-state index contributed by atoms with van der Waals surface area (Å²) < 4.78 is 26.3. The van der Waals surface area contributed by atoms with Gasteiger partial charge in [-0.2, -0.15) is 0 Å². The van der Waals surface area contributed by atoms with E-state index in [1.54, 1.807) is 18.3 Å². The lowest BCUT2D eigenvalue weighted by atomic mass is 10.00. The predicted octanol–water partition coefficient (Wildman–Crippen LogP) is 5.40. The predicted molar refractivity (Wildman–Crippen MR) is 129 cm³/mol. The molecule has 4 nitrogen and oxygen atoms in total. The van der Waals surface area contributed by atoms with Gasteiger partial charge in [0, 0.05) is 23.1 Å². The number of pyridine rings is 1. The fourth-order valence-corrected chi connectivity index (χ4v) is 6.19. The molecule has 2 aromatic carbocycles. The molecule has 0 aliphatic rings. The Hall–Kier alpha value is -3.40. The van der Waals surface area contributed by atoms with Crippen LogP contribution in [0, 0.1) is 17.8 Å². The summed E-state index contributed by atoms with van der Waals surface area (Å²) in [5.41, 5.74) is 2.58. The summed E-state index contributed by atoms with van der Waals surface area (Å²) in [6.07, 6.45) is 2.05. The molecule has 0 amide bonds. The molecule has 2 heterocycles. The van der Waals surface area contributed by atoms with Gasteiger partial charge in [0.1, 0.15) is 4.21 Å². The van der Waals surface area contributed by atoms with E-state index >= 15 is 0 Å². The number of benzene rings is 2. The molecule has 2 aromatic heterocycles. The first-order valence-corrected chi connectivity index (χ1v) is 12.5. The van der Waals surface area contributed by atoms with Crippen molar-refractivity contribution in [2.24, 2.45) is 5.92 Å². The van der Waals surface area contributed by atoms with E-state index in [1.807, 2.05) is 60.7 Å². The van der Waals surface area contributed by atoms with Gasteiger partial charge in [-0.15, -0.1) is 11.3 Å². The first-order valence-electron chi connectivity index (χ1n) is 10.0. The third kappa shape index (κ3) is 5.25. The highest BCUT2D eigenvalue weighted by Gasteiger charge is 2.25. The van der Waals surface area contributed by atoms with Crippen LogP contribution in [0.3, 0.4) is 0 Å². The van der Waals surface area contributed by atoms with Gasteiger partial charge in [0.05, 0.1) is 21.9 Å². The molecular formula is C26H21NO3S2. The van der Waals surface area contributed by atoms with Gasteiger partial charge in [0.15, 0.2) is 9.84 Å². The Morgan fingerprint density at radius 2 is 1.78 bits per heavy atom. The van der Waals surface area contributed by atoms with E-state index in [-0.39, 0.29) is 15.7 Å². The van der Waals surface area contributed by atoms with Crippen molar-refractivity contribution in [3.8, 4) is 11.8 Å². The van der Waals surface area contributed by atoms with Gasteiger partial charge in [0.25, 0.3) is 0 Å². The van der Waals surface area contributed by atoms with Gasteiger partial charge in [-0.3, -0.25) is 4.98 Å². The second-order valence-corrected chi connectivity index (χ2v) is 10.8. The van der Waals surface area contributed by atoms with Crippen LogP contribution >= 0.6 is 11.3 Å². The van der Waals surface area contributed by atoms with Gasteiger partial charge in [0.2, 0.25) is 0 Å². The van der Waals surface area contributed by atoms with Crippen LogP contribution in [-0.2, 0) is 16.3 Å². The third-order valence-corrected chi connectivity index (χ3v) is 8.41. The van der Waals surface area contributed by atoms with Gasteiger partial charge in [-0.25, -0.2) is 8.42 Å². The third-order valence-electron chi connectivity index (χ3n) is 5.01. The maximum Gasteiger partial charge on any atom is 0.188 e. The molecule has 0 aliphatic carbocycles. The minimum absolute atomic E-state index is 0.151. The lowest BCUT2D eigenvalue weighted by Gasteiger charge is -2.15. The van der Waals surface area contributed by atoms with Crippen molar-refractivity contribution < 1.29 is 13.5 Å². The summed E-state index contributed by atoms with van der Waals surface area (Å²) in [6, 6.07) is 22.5. The number of aliphatic hydroxyl groups excluding tert-OH is 1. The Kier molecular flexibility index (Phi) is 6.40. The SMILES string of the molecule is C=C(O)[C@@H](Cc1cnc2ccccc2c1)CS(=O)(=O)c1ccc(C#Cc2ccccc2)s1. The van der Waals surface area contributed by atoms with E-state index in [0.717, 1.165) is 33.4 Å². The molecule has 0 fully saturated rings. The maximum absolute atomic E-state index is 13.0. The van der Waals surface area contributed by atoms with E-state index < -0.39 is 15.8 Å². The number of rotatable bonds is 6. The van der Waals surface area contributed by atoms with Crippen LogP contribution < -0.4 is 0 Å². The number of aromatic nitrogens is 1. The van der Waals surface area contributed by atoms with Crippen LogP contribution in [0.1, 0.15) is 16.0 Å². The van der Waals surface area contributed by atoms with E-state index in [2.05, 4.69) is 23.4 Å². The standard InChI is InChI=1S/C26H21NO3S2/c1-19(28)23(16-21-15-22-9-5-6-10-25(22)27-17-21)18-32(29,30)26-14-13-24(31-26)12-11-20-7-3-2-4-8-20/h2-10,13-15,17,23,28H,1,16,18H2/t23-/m0/s1. The summed E-state index contributed by atoms with van der Waals surface area (Å²) >= 11 is 1.14. The molecule has 0 aliphatic heterocycles. The topological polar surface area (TPSA) is 67.3 Å². The van der Waals surface area contributed by atoms with Crippen LogP contribution in [-0.4, -0.2) is 24.3 Å². The highest BCUT2D eigenvalue weighted by Crippen LogP contribution is 2.27. The number of aliphatic hydroxyl groups is 1. The number of sulfone groups is 1. The maximum atomic E-state index is 13.0. The van der Waals surface area contributed by atoms with Gasteiger partial charge in [-0.1, -0.05) is 54.8 Å². The second kappa shape index (κ2) is 9.39. The number of hydrogen-bond donors (Lipinski definition) is 1. The number of para-hydroxylation sites is 1. The minimum Gasteiger partial charge on any atom is -0.513 e. The van der Waals surface area contributed by atoms with E-state index in [0.29, 0.717) is 11.3 Å². The van der Waals surface area contributed by atoms with E-state index in [1.165, 1.54) is 0 Å². The Morgan fingerprint density at radius 1 is 1.03 bits per heavy atom. The molecule has 6 heteroatoms. The average Bonchev–Trinajstić information content (AvgIpc) is 3.28. The quantitative estimate of drug-likeness (QED) is 0.310. The number of hydrogen-bond acceptors (Lipinski definition) is 5. The Morgan fingerprint density at radius 3 is 2.56 bits per heavy atom. The lowest BCUT2D eigenvalue weighted by Crippen LogP contribution is -2.19. The zero-order chi connectivity index (χ0) is 22.6. The highest BCUT2D eigenvalue weighted by molar-refractivity contribution is 7.93. The molecule has 0 saturated heterocycles. The Balaban J connectivity index is 1.52. The van der Waals surface area contributed by atoms with Gasteiger partial charge in [-0.05, 0) is 48.4 Å². The van der Waals surface area contributed by atoms with E-state index in [4.69, 9.17) is 0 Å². The largest absolute Gasteiger partial charge is 0.513 e. The molecule has 0 unspecified atom stereocenters. The van der Waals surface area contributed by atoms with Gasteiger partial charge >= 0.3 is 0 Å². The van der Waals surface area contributed by atoms with Crippen LogP contribution in [0.2, 0.25) is 0 Å². The van der Waals surface area contributed by atoms with E-state index in [9.17, 15) is 13.5 Å². The van der Waals surface area contributed by atoms with Crippen LogP contribution in [0.5, 0.6) is 0 Å². The van der Waals surface area contributed by atoms with Crippen molar-refractivity contribution >= 4 is 32.1 Å². The summed E-state index contributed by atoms with van der Waals surface area (Å²) in [5, 5.41) is 11.1. The van der Waals surface area contributed by atoms with Crippen molar-refractivity contribution in [3.05, 3.63) is 107 Å². The van der Waals surface area contributed by atoms with Crippen molar-refractivity contribution in [2.75, 3.05) is 5.75 Å². The Labute approximate surface area is 191 Å². The molecule has 0 spiro atoms. The number of allylic oxidation sites excluding steroid dienone is 1. The molecule has 32 heavy (non-hydrogen) atoms. The number of thiophene rings is 1. The molecule has 4 rings (SSSR count). The summed E-state index contributed by atoms with van der Waals surface area (Å²) in [4.78, 5) is 5.09. The smallest absolute Gasteiger partial charge is 0.188 e. The first-order chi connectivity index (χ1) is 15.4. The minimum atomic E-state index is -3.62. The summed E-state index contributed by atoms with van der Waals surface area (Å²) in [5.74, 6) is 5.03. The first kappa shape index (κ1) is 21.8. The van der Waals surface area contributed by atoms with Gasteiger partial charge < -0.3 is 5.11 Å². The average molecular weight is 460 g/mol. The monoisotopic (exact) mass is 459 g/mol. The van der Waals surface area contributed by atoms with Crippen molar-refractivity contribution in [1.82, 2.24) is 4.98 Å². The summed E-state index contributed by atoms with van der Waals surface area (Å²) in [7, 11) is -3.62. The summed E-state index contributed by atoms with van der Waals surface area (Å²) in [6.45, 7) is 3.61. The molecule has 4 aromatic rings. The fraction of sp³-hybridized carbons (Fsp3) is 0.115. The lowest BCUT2D eigenvalue weighted by molar-refractivity contribution is 0.342. The number of fused-ring (bicyclic) bond motifs is 1. The second-order valence-electron chi connectivity index (χ2n) is 7.44. The van der Waals surface area contributed by atoms with Crippen LogP contribution in [0.25, 0.3) is 10.9 Å². The van der Waals surface area contributed by atoms with Crippen molar-refractivity contribution in [3.63, 3.8) is 0 Å².